The van der Waals surface area contributed by atoms with E-state index in [1.165, 1.54) is 38.3 Å². The van der Waals surface area contributed by atoms with Crippen molar-refractivity contribution < 1.29 is 0 Å². The predicted molar refractivity (Wildman–Crippen MR) is 62.4 cm³/mol. The smallest absolute Gasteiger partial charge is 0.132 e. The number of aromatic nitrogens is 1. The average Bonchev–Trinajstić information content (AvgIpc) is 2.30. The van der Waals surface area contributed by atoms with E-state index >= 15 is 0 Å². The monoisotopic (exact) mass is 203 g/mol. The first-order chi connectivity index (χ1) is 7.31. The van der Waals surface area contributed by atoms with Crippen molar-refractivity contribution in [3.05, 3.63) is 23.4 Å². The molecule has 3 heteroatoms. The maximum atomic E-state index is 7.15. The van der Waals surface area contributed by atoms with Crippen LogP contribution in [-0.2, 0) is 0 Å². The summed E-state index contributed by atoms with van der Waals surface area (Å²) in [5.41, 5.74) is 7.60. The van der Waals surface area contributed by atoms with Crippen LogP contribution in [0.5, 0.6) is 0 Å². The summed E-state index contributed by atoms with van der Waals surface area (Å²) in [5, 5.41) is 7.15. The topological polar surface area (TPSA) is 62.8 Å². The summed E-state index contributed by atoms with van der Waals surface area (Å²) in [7, 11) is 0. The van der Waals surface area contributed by atoms with Crippen LogP contribution in [0.4, 0.5) is 5.82 Å². The lowest BCUT2D eigenvalue weighted by Crippen LogP contribution is -2.08. The Morgan fingerprint density at radius 2 is 2.00 bits per heavy atom. The van der Waals surface area contributed by atoms with Crippen LogP contribution in [0.15, 0.2) is 12.1 Å². The van der Waals surface area contributed by atoms with Crippen molar-refractivity contribution in [3.8, 4) is 0 Å². The SMILES string of the molecule is N=Cc1ccc(C2CCCCC2)nc1N. The highest BCUT2D eigenvalue weighted by atomic mass is 14.8. The van der Waals surface area contributed by atoms with Crippen molar-refractivity contribution in [2.24, 2.45) is 0 Å². The highest BCUT2D eigenvalue weighted by Gasteiger charge is 2.17. The molecule has 2 rings (SSSR count). The average molecular weight is 203 g/mol. The van der Waals surface area contributed by atoms with Crippen LogP contribution in [0.3, 0.4) is 0 Å². The normalized spacial score (nSPS) is 17.6. The summed E-state index contributed by atoms with van der Waals surface area (Å²) in [6.07, 6.45) is 7.68. The molecule has 3 N–H and O–H groups in total. The van der Waals surface area contributed by atoms with Crippen molar-refractivity contribution in [1.29, 1.82) is 5.41 Å². The number of hydrogen-bond donors (Lipinski definition) is 2. The van der Waals surface area contributed by atoms with E-state index in [9.17, 15) is 0 Å². The maximum absolute atomic E-state index is 7.15. The number of nitrogen functional groups attached to an aromatic ring is 1. The summed E-state index contributed by atoms with van der Waals surface area (Å²) in [5.74, 6) is 1.08. The zero-order chi connectivity index (χ0) is 10.7. The summed E-state index contributed by atoms with van der Waals surface area (Å²) in [4.78, 5) is 4.39. The highest BCUT2D eigenvalue weighted by Crippen LogP contribution is 2.31. The van der Waals surface area contributed by atoms with E-state index < -0.39 is 0 Å². The minimum Gasteiger partial charge on any atom is -0.383 e. The molecular formula is C12H17N3. The van der Waals surface area contributed by atoms with Crippen molar-refractivity contribution in [3.63, 3.8) is 0 Å². The van der Waals surface area contributed by atoms with Gasteiger partial charge in [0, 0.05) is 23.4 Å². The van der Waals surface area contributed by atoms with Crippen molar-refractivity contribution in [2.75, 3.05) is 5.73 Å². The molecule has 0 bridgehead atoms. The molecule has 0 aliphatic heterocycles. The zero-order valence-corrected chi connectivity index (χ0v) is 8.87. The summed E-state index contributed by atoms with van der Waals surface area (Å²) >= 11 is 0. The molecular weight excluding hydrogens is 186 g/mol. The van der Waals surface area contributed by atoms with Crippen LogP contribution >= 0.6 is 0 Å². The molecule has 0 saturated heterocycles. The minimum absolute atomic E-state index is 0.494. The van der Waals surface area contributed by atoms with E-state index in [1.807, 2.05) is 12.1 Å². The Morgan fingerprint density at radius 1 is 1.27 bits per heavy atom. The molecule has 1 fully saturated rings. The van der Waals surface area contributed by atoms with Gasteiger partial charge < -0.3 is 11.1 Å². The van der Waals surface area contributed by atoms with Gasteiger partial charge in [-0.15, -0.1) is 0 Å². The van der Waals surface area contributed by atoms with Gasteiger partial charge in [-0.3, -0.25) is 0 Å². The third kappa shape index (κ3) is 2.17. The number of nitrogens with two attached hydrogens (primary N) is 1. The fraction of sp³-hybridized carbons (Fsp3) is 0.500. The van der Waals surface area contributed by atoms with Gasteiger partial charge in [0.05, 0.1) is 0 Å². The summed E-state index contributed by atoms with van der Waals surface area (Å²) < 4.78 is 0. The molecule has 0 radical (unpaired) electrons. The van der Waals surface area contributed by atoms with Gasteiger partial charge in [-0.25, -0.2) is 4.98 Å². The second-order valence-electron chi connectivity index (χ2n) is 4.19. The molecule has 0 atom stereocenters. The molecule has 0 spiro atoms. The lowest BCUT2D eigenvalue weighted by Gasteiger charge is -2.21. The van der Waals surface area contributed by atoms with Gasteiger partial charge in [0.2, 0.25) is 0 Å². The van der Waals surface area contributed by atoms with E-state index in [0.717, 1.165) is 11.3 Å². The fourth-order valence-corrected chi connectivity index (χ4v) is 2.25. The summed E-state index contributed by atoms with van der Waals surface area (Å²) in [6.45, 7) is 0. The lowest BCUT2D eigenvalue weighted by molar-refractivity contribution is 0.437. The molecule has 15 heavy (non-hydrogen) atoms. The van der Waals surface area contributed by atoms with Gasteiger partial charge in [0.15, 0.2) is 0 Å². The summed E-state index contributed by atoms with van der Waals surface area (Å²) in [6, 6.07) is 3.92. The number of nitrogens with zero attached hydrogens (tertiary/aromatic N) is 1. The van der Waals surface area contributed by atoms with Crippen LogP contribution in [0.1, 0.15) is 49.3 Å². The van der Waals surface area contributed by atoms with Crippen LogP contribution in [0.25, 0.3) is 0 Å². The van der Waals surface area contributed by atoms with E-state index in [0.29, 0.717) is 11.7 Å². The molecule has 80 valence electrons. The molecule has 0 amide bonds. The molecule has 1 aromatic heterocycles. The van der Waals surface area contributed by atoms with Crippen molar-refractivity contribution in [1.82, 2.24) is 4.98 Å². The van der Waals surface area contributed by atoms with E-state index in [4.69, 9.17) is 11.1 Å². The van der Waals surface area contributed by atoms with Gasteiger partial charge >= 0.3 is 0 Å². The van der Waals surface area contributed by atoms with Crippen LogP contribution in [-0.4, -0.2) is 11.2 Å². The van der Waals surface area contributed by atoms with E-state index in [1.54, 1.807) is 0 Å². The number of pyridine rings is 1. The Hall–Kier alpha value is -1.38. The first-order valence-electron chi connectivity index (χ1n) is 5.58. The molecule has 0 unspecified atom stereocenters. The lowest BCUT2D eigenvalue weighted by atomic mass is 9.86. The minimum atomic E-state index is 0.494. The number of hydrogen-bond acceptors (Lipinski definition) is 3. The van der Waals surface area contributed by atoms with Gasteiger partial charge in [0.1, 0.15) is 5.82 Å². The van der Waals surface area contributed by atoms with Crippen LogP contribution in [0, 0.1) is 5.41 Å². The first kappa shape index (κ1) is 10.1. The van der Waals surface area contributed by atoms with Gasteiger partial charge in [0.25, 0.3) is 0 Å². The van der Waals surface area contributed by atoms with Crippen LogP contribution in [0.2, 0.25) is 0 Å². The second kappa shape index (κ2) is 4.43. The predicted octanol–water partition coefficient (Wildman–Crippen LogP) is 2.71. The number of rotatable bonds is 2. The van der Waals surface area contributed by atoms with E-state index in [-0.39, 0.29) is 0 Å². The Morgan fingerprint density at radius 3 is 2.60 bits per heavy atom. The third-order valence-corrected chi connectivity index (χ3v) is 3.16. The van der Waals surface area contributed by atoms with E-state index in [2.05, 4.69) is 4.98 Å². The molecule has 1 aliphatic rings. The van der Waals surface area contributed by atoms with Crippen molar-refractivity contribution in [2.45, 2.75) is 38.0 Å². The molecule has 1 aromatic rings. The second-order valence-corrected chi connectivity index (χ2v) is 4.19. The molecule has 1 saturated carbocycles. The molecule has 1 heterocycles. The maximum Gasteiger partial charge on any atom is 0.132 e. The van der Waals surface area contributed by atoms with Gasteiger partial charge in [-0.1, -0.05) is 19.3 Å². The highest BCUT2D eigenvalue weighted by molar-refractivity contribution is 5.83. The molecule has 1 aliphatic carbocycles. The Balaban J connectivity index is 2.21. The van der Waals surface area contributed by atoms with Gasteiger partial charge in [-0.2, -0.15) is 0 Å². The standard InChI is InChI=1S/C12H17N3/c13-8-10-6-7-11(15-12(10)14)9-4-2-1-3-5-9/h6-9,13H,1-5H2,(H2,14,15). The molecule has 0 aromatic carbocycles. The Bertz CT molecular complexity index is 354. The largest absolute Gasteiger partial charge is 0.383 e. The van der Waals surface area contributed by atoms with Gasteiger partial charge in [-0.05, 0) is 25.0 Å². The molecule has 3 nitrogen and oxygen atoms in total. The Kier molecular flexibility index (Phi) is 2.99. The Labute approximate surface area is 90.2 Å². The van der Waals surface area contributed by atoms with Crippen molar-refractivity contribution >= 4 is 12.0 Å². The zero-order valence-electron chi connectivity index (χ0n) is 8.87. The third-order valence-electron chi connectivity index (χ3n) is 3.16. The van der Waals surface area contributed by atoms with Crippen LogP contribution < -0.4 is 5.73 Å². The first-order valence-corrected chi connectivity index (χ1v) is 5.58. The number of nitrogens with one attached hydrogen (secondary N) is 1. The number of anilines is 1. The fourth-order valence-electron chi connectivity index (χ4n) is 2.25. The quantitative estimate of drug-likeness (QED) is 0.726.